The predicted molar refractivity (Wildman–Crippen MR) is 112 cm³/mol. The minimum atomic E-state index is -0.296. The number of amides is 1. The number of para-hydroxylation sites is 1. The molecule has 0 saturated carbocycles. The molecular formula is C22H14Cl2N2O2. The highest BCUT2D eigenvalue weighted by atomic mass is 35.5. The molecule has 0 aliphatic rings. The molecule has 0 fully saturated rings. The summed E-state index contributed by atoms with van der Waals surface area (Å²) in [4.78, 5) is 17.2. The number of aromatic nitrogens is 1. The molecule has 0 atom stereocenters. The van der Waals surface area contributed by atoms with Gasteiger partial charge in [0.25, 0.3) is 5.91 Å². The summed E-state index contributed by atoms with van der Waals surface area (Å²) in [6.45, 7) is 0. The molecule has 1 aromatic heterocycles. The number of hydrogen-bond donors (Lipinski definition) is 1. The zero-order valence-corrected chi connectivity index (χ0v) is 16.0. The van der Waals surface area contributed by atoms with Crippen molar-refractivity contribution in [2.24, 2.45) is 0 Å². The van der Waals surface area contributed by atoms with E-state index in [1.54, 1.807) is 60.8 Å². The van der Waals surface area contributed by atoms with Gasteiger partial charge in [0.1, 0.15) is 0 Å². The molecule has 1 N–H and O–H groups in total. The molecule has 4 rings (SSSR count). The van der Waals surface area contributed by atoms with E-state index < -0.39 is 0 Å². The van der Waals surface area contributed by atoms with E-state index in [9.17, 15) is 4.79 Å². The van der Waals surface area contributed by atoms with Crippen LogP contribution < -0.4 is 5.32 Å². The van der Waals surface area contributed by atoms with Crippen LogP contribution in [-0.4, -0.2) is 10.9 Å². The van der Waals surface area contributed by atoms with Gasteiger partial charge in [0.05, 0.1) is 22.5 Å². The average Bonchev–Trinajstić information content (AvgIpc) is 3.20. The normalized spacial score (nSPS) is 10.6. The van der Waals surface area contributed by atoms with Crippen molar-refractivity contribution in [3.8, 4) is 22.8 Å². The van der Waals surface area contributed by atoms with Crippen LogP contribution >= 0.6 is 23.2 Å². The van der Waals surface area contributed by atoms with Crippen LogP contribution in [0.1, 0.15) is 10.4 Å². The van der Waals surface area contributed by atoms with Crippen LogP contribution in [0, 0.1) is 0 Å². The first-order valence-corrected chi connectivity index (χ1v) is 9.24. The molecule has 4 aromatic rings. The maximum Gasteiger partial charge on any atom is 0.256 e. The zero-order valence-electron chi connectivity index (χ0n) is 14.5. The number of nitrogens with one attached hydrogen (secondary N) is 1. The average molecular weight is 409 g/mol. The summed E-state index contributed by atoms with van der Waals surface area (Å²) in [6, 6.07) is 21.5. The summed E-state index contributed by atoms with van der Waals surface area (Å²) in [5.74, 6) is 0.651. The second kappa shape index (κ2) is 7.89. The minimum absolute atomic E-state index is 0.296. The SMILES string of the molecule is O=C(Nc1ccccc1Cl)c1ccccc1-c1ncc(-c2ccc(Cl)cc2)o1. The Balaban J connectivity index is 1.66. The number of halogens is 2. The van der Waals surface area contributed by atoms with E-state index in [1.807, 2.05) is 18.2 Å². The predicted octanol–water partition coefficient (Wildman–Crippen LogP) is 6.57. The molecular weight excluding hydrogens is 395 g/mol. The van der Waals surface area contributed by atoms with E-state index in [0.717, 1.165) is 5.56 Å². The maximum atomic E-state index is 12.8. The van der Waals surface area contributed by atoms with E-state index >= 15 is 0 Å². The molecule has 0 aliphatic heterocycles. The van der Waals surface area contributed by atoms with Gasteiger partial charge in [-0.25, -0.2) is 4.98 Å². The van der Waals surface area contributed by atoms with Crippen LogP contribution in [0.5, 0.6) is 0 Å². The van der Waals surface area contributed by atoms with Gasteiger partial charge in [-0.15, -0.1) is 0 Å². The zero-order chi connectivity index (χ0) is 19.5. The van der Waals surface area contributed by atoms with Gasteiger partial charge in [0, 0.05) is 16.1 Å². The Kier molecular flexibility index (Phi) is 5.15. The van der Waals surface area contributed by atoms with Crippen molar-refractivity contribution in [2.45, 2.75) is 0 Å². The smallest absolute Gasteiger partial charge is 0.256 e. The van der Waals surface area contributed by atoms with Gasteiger partial charge in [-0.1, -0.05) is 47.5 Å². The fourth-order valence-corrected chi connectivity index (χ4v) is 3.08. The highest BCUT2D eigenvalue weighted by Crippen LogP contribution is 2.30. The van der Waals surface area contributed by atoms with Gasteiger partial charge in [-0.05, 0) is 48.5 Å². The van der Waals surface area contributed by atoms with Crippen molar-refractivity contribution in [1.29, 1.82) is 0 Å². The number of carbonyl (C=O) groups excluding carboxylic acids is 1. The summed E-state index contributed by atoms with van der Waals surface area (Å²) >= 11 is 12.1. The molecule has 1 amide bonds. The lowest BCUT2D eigenvalue weighted by Crippen LogP contribution is -2.13. The van der Waals surface area contributed by atoms with Gasteiger partial charge >= 0.3 is 0 Å². The lowest BCUT2D eigenvalue weighted by Gasteiger charge is -2.09. The van der Waals surface area contributed by atoms with Gasteiger partial charge < -0.3 is 9.73 Å². The summed E-state index contributed by atoms with van der Waals surface area (Å²) in [7, 11) is 0. The Morgan fingerprint density at radius 1 is 0.893 bits per heavy atom. The van der Waals surface area contributed by atoms with Crippen LogP contribution in [-0.2, 0) is 0 Å². The number of nitrogens with zero attached hydrogens (tertiary/aromatic N) is 1. The maximum absolute atomic E-state index is 12.8. The van der Waals surface area contributed by atoms with Gasteiger partial charge in [-0.2, -0.15) is 0 Å². The molecule has 1 heterocycles. The second-order valence-electron chi connectivity index (χ2n) is 6.02. The van der Waals surface area contributed by atoms with Gasteiger partial charge in [0.2, 0.25) is 5.89 Å². The van der Waals surface area contributed by atoms with Crippen LogP contribution in [0.4, 0.5) is 5.69 Å². The topological polar surface area (TPSA) is 55.1 Å². The number of hydrogen-bond acceptors (Lipinski definition) is 3. The molecule has 6 heteroatoms. The van der Waals surface area contributed by atoms with Crippen LogP contribution in [0.25, 0.3) is 22.8 Å². The van der Waals surface area contributed by atoms with Crippen LogP contribution in [0.2, 0.25) is 10.0 Å². The lowest BCUT2D eigenvalue weighted by atomic mass is 10.1. The van der Waals surface area contributed by atoms with Gasteiger partial charge in [0.15, 0.2) is 5.76 Å². The standard InChI is InChI=1S/C22H14Cl2N2O2/c23-15-11-9-14(10-12-15)20-13-25-22(28-20)17-6-2-1-5-16(17)21(27)26-19-8-4-3-7-18(19)24/h1-13H,(H,26,27). The summed E-state index contributed by atoms with van der Waals surface area (Å²) in [5, 5.41) is 3.94. The molecule has 0 unspecified atom stereocenters. The van der Waals surface area contributed by atoms with E-state index in [0.29, 0.717) is 38.5 Å². The largest absolute Gasteiger partial charge is 0.436 e. The molecule has 0 spiro atoms. The third-order valence-electron chi connectivity index (χ3n) is 4.16. The van der Waals surface area contributed by atoms with Crippen LogP contribution in [0.15, 0.2) is 83.4 Å². The highest BCUT2D eigenvalue weighted by molar-refractivity contribution is 6.34. The summed E-state index contributed by atoms with van der Waals surface area (Å²) < 4.78 is 5.90. The van der Waals surface area contributed by atoms with Crippen LogP contribution in [0.3, 0.4) is 0 Å². The van der Waals surface area contributed by atoms with E-state index in [-0.39, 0.29) is 5.91 Å². The van der Waals surface area contributed by atoms with E-state index in [2.05, 4.69) is 10.3 Å². The van der Waals surface area contributed by atoms with Crippen molar-refractivity contribution in [3.05, 3.63) is 94.6 Å². The Morgan fingerprint density at radius 3 is 2.39 bits per heavy atom. The highest BCUT2D eigenvalue weighted by Gasteiger charge is 2.17. The first-order valence-electron chi connectivity index (χ1n) is 8.49. The quantitative estimate of drug-likeness (QED) is 0.415. The summed E-state index contributed by atoms with van der Waals surface area (Å²) in [5.41, 5.74) is 2.42. The van der Waals surface area contributed by atoms with Crippen molar-refractivity contribution in [2.75, 3.05) is 5.32 Å². The van der Waals surface area contributed by atoms with Crippen molar-refractivity contribution in [3.63, 3.8) is 0 Å². The first-order chi connectivity index (χ1) is 13.6. The Hall–Kier alpha value is -3.08. The molecule has 3 aromatic carbocycles. The van der Waals surface area contributed by atoms with Crippen molar-refractivity contribution in [1.82, 2.24) is 4.98 Å². The molecule has 0 radical (unpaired) electrons. The Labute approximate surface area is 171 Å². The molecule has 28 heavy (non-hydrogen) atoms. The first kappa shape index (κ1) is 18.3. The van der Waals surface area contributed by atoms with E-state index in [1.165, 1.54) is 0 Å². The Bertz CT molecular complexity index is 1140. The van der Waals surface area contributed by atoms with Crippen molar-refractivity contribution < 1.29 is 9.21 Å². The summed E-state index contributed by atoms with van der Waals surface area (Å²) in [6.07, 6.45) is 1.63. The minimum Gasteiger partial charge on any atom is -0.436 e. The number of carbonyl (C=O) groups is 1. The lowest BCUT2D eigenvalue weighted by molar-refractivity contribution is 0.102. The molecule has 0 saturated heterocycles. The number of oxazole rings is 1. The fraction of sp³-hybridized carbons (Fsp3) is 0. The third-order valence-corrected chi connectivity index (χ3v) is 4.74. The van der Waals surface area contributed by atoms with Gasteiger partial charge in [-0.3, -0.25) is 4.79 Å². The molecule has 0 bridgehead atoms. The fourth-order valence-electron chi connectivity index (χ4n) is 2.77. The number of rotatable bonds is 4. The molecule has 0 aliphatic carbocycles. The number of anilines is 1. The molecule has 4 nitrogen and oxygen atoms in total. The Morgan fingerprint density at radius 2 is 1.61 bits per heavy atom. The number of benzene rings is 3. The van der Waals surface area contributed by atoms with E-state index in [4.69, 9.17) is 27.6 Å². The van der Waals surface area contributed by atoms with Crippen molar-refractivity contribution >= 4 is 34.8 Å². The molecule has 138 valence electrons. The third kappa shape index (κ3) is 3.79. The monoisotopic (exact) mass is 408 g/mol. The second-order valence-corrected chi connectivity index (χ2v) is 6.86.